The van der Waals surface area contributed by atoms with Crippen LogP contribution in [-0.2, 0) is 6.54 Å². The number of anilines is 1. The third-order valence-corrected chi connectivity index (χ3v) is 5.19. The number of benzene rings is 2. The summed E-state index contributed by atoms with van der Waals surface area (Å²) in [6, 6.07) is 17.2. The summed E-state index contributed by atoms with van der Waals surface area (Å²) >= 11 is 0. The van der Waals surface area contributed by atoms with Crippen molar-refractivity contribution in [2.75, 3.05) is 18.1 Å². The Morgan fingerprint density at radius 1 is 1.08 bits per heavy atom. The predicted octanol–water partition coefficient (Wildman–Crippen LogP) is 3.74. The number of aliphatic hydroxyl groups excluding tert-OH is 1. The van der Waals surface area contributed by atoms with Crippen molar-refractivity contribution in [3.8, 4) is 0 Å². The summed E-state index contributed by atoms with van der Waals surface area (Å²) in [5.41, 5.74) is 4.72. The second-order valence-corrected chi connectivity index (χ2v) is 7.00. The molecule has 0 aliphatic carbocycles. The first-order valence-corrected chi connectivity index (χ1v) is 9.14. The summed E-state index contributed by atoms with van der Waals surface area (Å²) in [4.78, 5) is 7.23. The van der Waals surface area contributed by atoms with E-state index in [0.29, 0.717) is 0 Å². The van der Waals surface area contributed by atoms with Gasteiger partial charge in [0.1, 0.15) is 0 Å². The summed E-state index contributed by atoms with van der Waals surface area (Å²) < 4.78 is 2.30. The number of aromatic nitrogens is 2. The zero-order chi connectivity index (χ0) is 17.2. The Bertz CT molecular complexity index is 853. The van der Waals surface area contributed by atoms with E-state index < -0.39 is 0 Å². The standard InChI is InChI=1S/C21H25N3O/c1-16-9-11-17(12-10-16)14-24-20-8-3-2-7-19(20)22-21(24)23-13-5-4-6-18(23)15-25/h2-3,7-12,18,25H,4-6,13-15H2,1H3/t18-/m0/s1. The Balaban J connectivity index is 1.78. The fourth-order valence-corrected chi connectivity index (χ4v) is 3.77. The number of fused-ring (bicyclic) bond motifs is 1. The molecule has 1 aliphatic rings. The van der Waals surface area contributed by atoms with Crippen molar-refractivity contribution in [2.24, 2.45) is 0 Å². The normalized spacial score (nSPS) is 18.0. The smallest absolute Gasteiger partial charge is 0.207 e. The number of hydrogen-bond acceptors (Lipinski definition) is 3. The number of aliphatic hydroxyl groups is 1. The number of nitrogens with zero attached hydrogens (tertiary/aromatic N) is 3. The summed E-state index contributed by atoms with van der Waals surface area (Å²) in [5.74, 6) is 0.987. The highest BCUT2D eigenvalue weighted by molar-refractivity contribution is 5.79. The molecule has 1 atom stereocenters. The minimum absolute atomic E-state index is 0.169. The van der Waals surface area contributed by atoms with Gasteiger partial charge in [0.2, 0.25) is 5.95 Å². The molecule has 0 radical (unpaired) electrons. The van der Waals surface area contributed by atoms with Crippen molar-refractivity contribution < 1.29 is 5.11 Å². The second kappa shape index (κ2) is 6.89. The SMILES string of the molecule is Cc1ccc(Cn2c(N3CCCC[C@H]3CO)nc3ccccc32)cc1. The third-order valence-electron chi connectivity index (χ3n) is 5.19. The minimum Gasteiger partial charge on any atom is -0.394 e. The number of aryl methyl sites for hydroxylation is 1. The fourth-order valence-electron chi connectivity index (χ4n) is 3.77. The third kappa shape index (κ3) is 3.14. The molecule has 4 heteroatoms. The largest absolute Gasteiger partial charge is 0.394 e. The summed E-state index contributed by atoms with van der Waals surface area (Å²) in [5, 5.41) is 9.83. The second-order valence-electron chi connectivity index (χ2n) is 7.00. The molecule has 0 bridgehead atoms. The molecule has 0 unspecified atom stereocenters. The van der Waals surface area contributed by atoms with Crippen LogP contribution in [0.5, 0.6) is 0 Å². The highest BCUT2D eigenvalue weighted by Crippen LogP contribution is 2.29. The van der Waals surface area contributed by atoms with Gasteiger partial charge in [0, 0.05) is 6.54 Å². The quantitative estimate of drug-likeness (QED) is 0.789. The maximum Gasteiger partial charge on any atom is 0.207 e. The molecule has 2 aromatic carbocycles. The zero-order valence-corrected chi connectivity index (χ0v) is 14.7. The van der Waals surface area contributed by atoms with Crippen molar-refractivity contribution in [1.82, 2.24) is 9.55 Å². The zero-order valence-electron chi connectivity index (χ0n) is 14.7. The van der Waals surface area contributed by atoms with Crippen LogP contribution in [0.25, 0.3) is 11.0 Å². The molecule has 4 rings (SSSR count). The lowest BCUT2D eigenvalue weighted by atomic mass is 10.0. The van der Waals surface area contributed by atoms with Crippen LogP contribution < -0.4 is 4.90 Å². The monoisotopic (exact) mass is 335 g/mol. The minimum atomic E-state index is 0.169. The van der Waals surface area contributed by atoms with Crippen molar-refractivity contribution in [1.29, 1.82) is 0 Å². The molecule has 1 aromatic heterocycles. The average molecular weight is 335 g/mol. The van der Waals surface area contributed by atoms with Gasteiger partial charge >= 0.3 is 0 Å². The molecule has 1 N–H and O–H groups in total. The predicted molar refractivity (Wildman–Crippen MR) is 102 cm³/mol. The lowest BCUT2D eigenvalue weighted by Gasteiger charge is -2.35. The molecule has 1 fully saturated rings. The molecule has 4 nitrogen and oxygen atoms in total. The molecule has 1 aliphatic heterocycles. The van der Waals surface area contributed by atoms with Gasteiger partial charge in [-0.05, 0) is 43.9 Å². The first-order chi connectivity index (χ1) is 12.3. The van der Waals surface area contributed by atoms with Crippen molar-refractivity contribution in [3.05, 3.63) is 59.7 Å². The van der Waals surface area contributed by atoms with Gasteiger partial charge in [0.15, 0.2) is 0 Å². The summed E-state index contributed by atoms with van der Waals surface area (Å²) in [7, 11) is 0. The number of imidazole rings is 1. The maximum atomic E-state index is 9.83. The highest BCUT2D eigenvalue weighted by Gasteiger charge is 2.26. The lowest BCUT2D eigenvalue weighted by molar-refractivity contribution is 0.238. The van der Waals surface area contributed by atoms with Gasteiger partial charge in [-0.25, -0.2) is 4.98 Å². The Hall–Kier alpha value is -2.33. The molecule has 25 heavy (non-hydrogen) atoms. The first-order valence-electron chi connectivity index (χ1n) is 9.14. The van der Waals surface area contributed by atoms with Gasteiger partial charge < -0.3 is 14.6 Å². The van der Waals surface area contributed by atoms with Crippen molar-refractivity contribution >= 4 is 17.0 Å². The van der Waals surface area contributed by atoms with E-state index >= 15 is 0 Å². The van der Waals surface area contributed by atoms with Gasteiger partial charge in [0.05, 0.1) is 30.2 Å². The van der Waals surface area contributed by atoms with Crippen LogP contribution >= 0.6 is 0 Å². The van der Waals surface area contributed by atoms with Crippen LogP contribution in [-0.4, -0.2) is 33.9 Å². The van der Waals surface area contributed by atoms with E-state index in [4.69, 9.17) is 4.98 Å². The van der Waals surface area contributed by atoms with Crippen LogP contribution in [0.2, 0.25) is 0 Å². The van der Waals surface area contributed by atoms with E-state index in [1.54, 1.807) is 0 Å². The number of para-hydroxylation sites is 2. The average Bonchev–Trinajstić information content (AvgIpc) is 3.02. The van der Waals surface area contributed by atoms with E-state index in [-0.39, 0.29) is 12.6 Å². The molecule has 130 valence electrons. The number of hydrogen-bond donors (Lipinski definition) is 1. The van der Waals surface area contributed by atoms with Gasteiger partial charge in [-0.2, -0.15) is 0 Å². The molecular formula is C21H25N3O. The number of rotatable bonds is 4. The molecule has 0 amide bonds. The molecule has 2 heterocycles. The molecule has 1 saturated heterocycles. The lowest BCUT2D eigenvalue weighted by Crippen LogP contribution is -2.43. The summed E-state index contributed by atoms with van der Waals surface area (Å²) in [6.07, 6.45) is 3.37. The van der Waals surface area contributed by atoms with Crippen LogP contribution in [0, 0.1) is 6.92 Å². The van der Waals surface area contributed by atoms with E-state index in [2.05, 4.69) is 58.9 Å². The Morgan fingerprint density at radius 3 is 2.68 bits per heavy atom. The Labute approximate surface area is 148 Å². The van der Waals surface area contributed by atoms with Crippen molar-refractivity contribution in [3.63, 3.8) is 0 Å². The first kappa shape index (κ1) is 16.2. The van der Waals surface area contributed by atoms with Crippen LogP contribution in [0.3, 0.4) is 0 Å². The van der Waals surface area contributed by atoms with Gasteiger partial charge in [-0.15, -0.1) is 0 Å². The van der Waals surface area contributed by atoms with E-state index in [9.17, 15) is 5.11 Å². The topological polar surface area (TPSA) is 41.3 Å². The van der Waals surface area contributed by atoms with E-state index in [1.165, 1.54) is 17.5 Å². The molecule has 0 saturated carbocycles. The summed E-state index contributed by atoms with van der Waals surface area (Å²) in [6.45, 7) is 4.06. The van der Waals surface area contributed by atoms with Crippen LogP contribution in [0.4, 0.5) is 5.95 Å². The fraction of sp³-hybridized carbons (Fsp3) is 0.381. The highest BCUT2D eigenvalue weighted by atomic mass is 16.3. The molecule has 3 aromatic rings. The Kier molecular flexibility index (Phi) is 4.45. The number of piperidine rings is 1. The maximum absolute atomic E-state index is 9.83. The van der Waals surface area contributed by atoms with Crippen molar-refractivity contribution in [2.45, 2.75) is 38.8 Å². The van der Waals surface area contributed by atoms with E-state index in [1.807, 2.05) is 6.07 Å². The van der Waals surface area contributed by atoms with Gasteiger partial charge in [-0.3, -0.25) is 0 Å². The van der Waals surface area contributed by atoms with Crippen LogP contribution in [0.15, 0.2) is 48.5 Å². The van der Waals surface area contributed by atoms with Gasteiger partial charge in [0.25, 0.3) is 0 Å². The Morgan fingerprint density at radius 2 is 1.88 bits per heavy atom. The van der Waals surface area contributed by atoms with Crippen LogP contribution in [0.1, 0.15) is 30.4 Å². The van der Waals surface area contributed by atoms with Gasteiger partial charge in [-0.1, -0.05) is 42.0 Å². The van der Waals surface area contributed by atoms with E-state index in [0.717, 1.165) is 42.9 Å². The molecule has 0 spiro atoms. The molecular weight excluding hydrogens is 310 g/mol.